The molecule has 1 rings (SSSR count). The number of carbonyl (C=O) groups is 1. The summed E-state index contributed by atoms with van der Waals surface area (Å²) in [7, 11) is 4.09. The van der Waals surface area contributed by atoms with Gasteiger partial charge >= 0.3 is 0 Å². The number of rotatable bonds is 7. The maximum absolute atomic E-state index is 12.0. The lowest BCUT2D eigenvalue weighted by molar-refractivity contribution is 0.0952. The number of nitrogens with two attached hydrogens (primary N) is 1. The largest absolute Gasteiger partial charge is 0.384 e. The SMILES string of the molecule is CCc1cc(C(=O)NCCCCN(C)C)cc(N)n1. The molecule has 0 aromatic carbocycles. The average Bonchev–Trinajstić information content (AvgIpc) is 2.36. The second-order valence-corrected chi connectivity index (χ2v) is 4.89. The lowest BCUT2D eigenvalue weighted by Gasteiger charge is -2.10. The number of aryl methyl sites for hydroxylation is 1. The zero-order valence-electron chi connectivity index (χ0n) is 12.1. The topological polar surface area (TPSA) is 71.2 Å². The molecule has 0 fully saturated rings. The van der Waals surface area contributed by atoms with Crippen LogP contribution in [-0.2, 0) is 6.42 Å². The Morgan fingerprint density at radius 3 is 2.74 bits per heavy atom. The molecule has 1 aromatic heterocycles. The minimum absolute atomic E-state index is 0.0753. The van der Waals surface area contributed by atoms with Crippen LogP contribution in [0.5, 0.6) is 0 Å². The van der Waals surface area contributed by atoms with Gasteiger partial charge in [0.05, 0.1) is 0 Å². The van der Waals surface area contributed by atoms with E-state index in [1.807, 2.05) is 21.0 Å². The Bertz CT molecular complexity index is 418. The highest BCUT2D eigenvalue weighted by Gasteiger charge is 2.07. The first-order valence-electron chi connectivity index (χ1n) is 6.72. The van der Waals surface area contributed by atoms with Crippen molar-refractivity contribution in [3.63, 3.8) is 0 Å². The van der Waals surface area contributed by atoms with Crippen molar-refractivity contribution in [1.82, 2.24) is 15.2 Å². The Kier molecular flexibility index (Phi) is 6.29. The quantitative estimate of drug-likeness (QED) is 0.728. The fraction of sp³-hybridized carbons (Fsp3) is 0.571. The molecule has 0 unspecified atom stereocenters. The summed E-state index contributed by atoms with van der Waals surface area (Å²) < 4.78 is 0. The van der Waals surface area contributed by atoms with Crippen molar-refractivity contribution in [3.05, 3.63) is 23.4 Å². The summed E-state index contributed by atoms with van der Waals surface area (Å²) in [4.78, 5) is 18.3. The van der Waals surface area contributed by atoms with Gasteiger partial charge in [-0.3, -0.25) is 4.79 Å². The monoisotopic (exact) mass is 264 g/mol. The Morgan fingerprint density at radius 1 is 1.37 bits per heavy atom. The molecular formula is C14H24N4O. The Morgan fingerprint density at radius 2 is 2.11 bits per heavy atom. The molecule has 0 saturated heterocycles. The van der Waals surface area contributed by atoms with E-state index < -0.39 is 0 Å². The predicted molar refractivity (Wildman–Crippen MR) is 78.1 cm³/mol. The zero-order valence-corrected chi connectivity index (χ0v) is 12.1. The average molecular weight is 264 g/mol. The normalized spacial score (nSPS) is 10.7. The summed E-state index contributed by atoms with van der Waals surface area (Å²) in [6.07, 6.45) is 2.82. The Labute approximate surface area is 115 Å². The summed E-state index contributed by atoms with van der Waals surface area (Å²) in [5.41, 5.74) is 7.13. The van der Waals surface area contributed by atoms with E-state index in [1.54, 1.807) is 12.1 Å². The fourth-order valence-electron chi connectivity index (χ4n) is 1.78. The molecule has 1 heterocycles. The summed E-state index contributed by atoms with van der Waals surface area (Å²) in [5, 5.41) is 2.91. The molecule has 19 heavy (non-hydrogen) atoms. The first-order chi connectivity index (χ1) is 9.02. The third-order valence-electron chi connectivity index (χ3n) is 2.84. The molecule has 1 amide bonds. The Balaban J connectivity index is 2.43. The molecule has 3 N–H and O–H groups in total. The summed E-state index contributed by atoms with van der Waals surface area (Å²) >= 11 is 0. The van der Waals surface area contributed by atoms with E-state index in [-0.39, 0.29) is 5.91 Å². The number of anilines is 1. The molecule has 106 valence electrons. The van der Waals surface area contributed by atoms with Gasteiger partial charge in [-0.2, -0.15) is 0 Å². The van der Waals surface area contributed by atoms with E-state index in [9.17, 15) is 4.79 Å². The Hall–Kier alpha value is -1.62. The number of aromatic nitrogens is 1. The first kappa shape index (κ1) is 15.4. The molecule has 0 atom stereocenters. The first-order valence-corrected chi connectivity index (χ1v) is 6.72. The summed E-state index contributed by atoms with van der Waals surface area (Å²) in [5.74, 6) is 0.325. The second-order valence-electron chi connectivity index (χ2n) is 4.89. The van der Waals surface area contributed by atoms with Crippen LogP contribution in [0.25, 0.3) is 0 Å². The van der Waals surface area contributed by atoms with E-state index in [1.165, 1.54) is 0 Å². The van der Waals surface area contributed by atoms with Crippen molar-refractivity contribution in [1.29, 1.82) is 0 Å². The standard InChI is InChI=1S/C14H24N4O/c1-4-12-9-11(10-13(15)17-12)14(19)16-7-5-6-8-18(2)3/h9-10H,4-8H2,1-3H3,(H2,15,17)(H,16,19). The van der Waals surface area contributed by atoms with Gasteiger partial charge in [0.25, 0.3) is 5.91 Å². The molecule has 0 spiro atoms. The van der Waals surface area contributed by atoms with E-state index >= 15 is 0 Å². The van der Waals surface area contributed by atoms with Crippen LogP contribution < -0.4 is 11.1 Å². The van der Waals surface area contributed by atoms with Crippen LogP contribution in [-0.4, -0.2) is 43.0 Å². The minimum Gasteiger partial charge on any atom is -0.384 e. The second kappa shape index (κ2) is 7.74. The number of nitrogen functional groups attached to an aromatic ring is 1. The van der Waals surface area contributed by atoms with Crippen LogP contribution in [0.15, 0.2) is 12.1 Å². The fourth-order valence-corrected chi connectivity index (χ4v) is 1.78. The van der Waals surface area contributed by atoms with Crippen molar-refractivity contribution in [2.24, 2.45) is 0 Å². The lowest BCUT2D eigenvalue weighted by atomic mass is 10.2. The maximum Gasteiger partial charge on any atom is 0.251 e. The molecule has 0 radical (unpaired) electrons. The maximum atomic E-state index is 12.0. The number of nitrogens with one attached hydrogen (secondary N) is 1. The summed E-state index contributed by atoms with van der Waals surface area (Å²) in [6, 6.07) is 3.42. The van der Waals surface area contributed by atoms with Gasteiger partial charge in [0, 0.05) is 17.8 Å². The number of amides is 1. The number of hydrogen-bond donors (Lipinski definition) is 2. The van der Waals surface area contributed by atoms with E-state index in [0.717, 1.165) is 31.5 Å². The van der Waals surface area contributed by atoms with Crippen molar-refractivity contribution in [2.45, 2.75) is 26.2 Å². The van der Waals surface area contributed by atoms with Gasteiger partial charge in [0.2, 0.25) is 0 Å². The van der Waals surface area contributed by atoms with Gasteiger partial charge < -0.3 is 16.0 Å². The van der Waals surface area contributed by atoms with Crippen LogP contribution in [0.3, 0.4) is 0 Å². The van der Waals surface area contributed by atoms with Gasteiger partial charge in [-0.1, -0.05) is 6.92 Å². The minimum atomic E-state index is -0.0753. The molecule has 0 saturated carbocycles. The number of pyridine rings is 1. The van der Waals surface area contributed by atoms with Crippen molar-refractivity contribution < 1.29 is 4.79 Å². The number of unbranched alkanes of at least 4 members (excludes halogenated alkanes) is 1. The number of hydrogen-bond acceptors (Lipinski definition) is 4. The van der Waals surface area contributed by atoms with Crippen LogP contribution in [0.2, 0.25) is 0 Å². The van der Waals surface area contributed by atoms with Crippen LogP contribution in [0.4, 0.5) is 5.82 Å². The molecule has 5 nitrogen and oxygen atoms in total. The van der Waals surface area contributed by atoms with Crippen LogP contribution in [0, 0.1) is 0 Å². The molecule has 0 aliphatic rings. The third-order valence-corrected chi connectivity index (χ3v) is 2.84. The zero-order chi connectivity index (χ0) is 14.3. The van der Waals surface area contributed by atoms with E-state index in [2.05, 4.69) is 15.2 Å². The molecule has 0 aliphatic carbocycles. The van der Waals surface area contributed by atoms with Crippen molar-refractivity contribution >= 4 is 11.7 Å². The molecule has 1 aromatic rings. The molecule has 5 heteroatoms. The smallest absolute Gasteiger partial charge is 0.251 e. The molecule has 0 aliphatic heterocycles. The third kappa shape index (κ3) is 5.70. The van der Waals surface area contributed by atoms with Crippen LogP contribution >= 0.6 is 0 Å². The lowest BCUT2D eigenvalue weighted by Crippen LogP contribution is -2.25. The highest BCUT2D eigenvalue weighted by Crippen LogP contribution is 2.08. The molecular weight excluding hydrogens is 240 g/mol. The van der Waals surface area contributed by atoms with Gasteiger partial charge in [0.15, 0.2) is 0 Å². The van der Waals surface area contributed by atoms with Gasteiger partial charge in [-0.25, -0.2) is 4.98 Å². The number of nitrogens with zero attached hydrogens (tertiary/aromatic N) is 2. The summed E-state index contributed by atoms with van der Waals surface area (Å²) in [6.45, 7) is 3.72. The predicted octanol–water partition coefficient (Wildman–Crippen LogP) is 1.30. The highest BCUT2D eigenvalue weighted by atomic mass is 16.1. The van der Waals surface area contributed by atoms with Gasteiger partial charge in [0.1, 0.15) is 5.82 Å². The highest BCUT2D eigenvalue weighted by molar-refractivity contribution is 5.94. The van der Waals surface area contributed by atoms with E-state index in [0.29, 0.717) is 17.9 Å². The van der Waals surface area contributed by atoms with Gasteiger partial charge in [-0.15, -0.1) is 0 Å². The van der Waals surface area contributed by atoms with Crippen molar-refractivity contribution in [2.75, 3.05) is 32.9 Å². The van der Waals surface area contributed by atoms with Crippen molar-refractivity contribution in [3.8, 4) is 0 Å². The van der Waals surface area contributed by atoms with E-state index in [4.69, 9.17) is 5.73 Å². The van der Waals surface area contributed by atoms with Gasteiger partial charge in [-0.05, 0) is 52.0 Å². The molecule has 0 bridgehead atoms. The van der Waals surface area contributed by atoms with Crippen LogP contribution in [0.1, 0.15) is 35.8 Å². The number of carbonyl (C=O) groups excluding carboxylic acids is 1.